The van der Waals surface area contributed by atoms with Crippen molar-refractivity contribution in [1.29, 1.82) is 0 Å². The number of hydrogen-bond donors (Lipinski definition) is 1. The SMILES string of the molecule is C#CC(O)C1(CCC2CCCC2)CCC1. The van der Waals surface area contributed by atoms with Crippen LogP contribution in [0.15, 0.2) is 0 Å². The summed E-state index contributed by atoms with van der Waals surface area (Å²) in [6.45, 7) is 0. The van der Waals surface area contributed by atoms with Crippen LogP contribution in [-0.4, -0.2) is 11.2 Å². The van der Waals surface area contributed by atoms with Gasteiger partial charge in [0.1, 0.15) is 6.10 Å². The van der Waals surface area contributed by atoms with Crippen LogP contribution in [0.3, 0.4) is 0 Å². The van der Waals surface area contributed by atoms with E-state index < -0.39 is 6.10 Å². The summed E-state index contributed by atoms with van der Waals surface area (Å²) in [5, 5.41) is 9.87. The summed E-state index contributed by atoms with van der Waals surface area (Å²) in [4.78, 5) is 0. The maximum absolute atomic E-state index is 9.87. The van der Waals surface area contributed by atoms with Gasteiger partial charge in [0.05, 0.1) is 0 Å². The quantitative estimate of drug-likeness (QED) is 0.701. The average Bonchev–Trinajstić information content (AvgIpc) is 2.68. The highest BCUT2D eigenvalue weighted by Gasteiger charge is 2.42. The zero-order chi connectivity index (χ0) is 10.7. The standard InChI is InChI=1S/C14H22O/c1-2-13(15)14(9-5-10-14)11-8-12-6-3-4-7-12/h1,12-13,15H,3-11H2. The van der Waals surface area contributed by atoms with E-state index in [-0.39, 0.29) is 5.41 Å². The smallest absolute Gasteiger partial charge is 0.120 e. The molecule has 0 radical (unpaired) electrons. The predicted octanol–water partition coefficient (Wildman–Crippen LogP) is 3.12. The van der Waals surface area contributed by atoms with Crippen molar-refractivity contribution in [3.05, 3.63) is 0 Å². The van der Waals surface area contributed by atoms with Gasteiger partial charge in [0.15, 0.2) is 0 Å². The van der Waals surface area contributed by atoms with Gasteiger partial charge in [-0.1, -0.05) is 38.0 Å². The molecule has 2 rings (SSSR count). The number of aliphatic hydroxyl groups is 1. The largest absolute Gasteiger partial charge is 0.380 e. The van der Waals surface area contributed by atoms with Gasteiger partial charge in [0.2, 0.25) is 0 Å². The minimum Gasteiger partial charge on any atom is -0.380 e. The fourth-order valence-electron chi connectivity index (χ4n) is 3.26. The highest BCUT2D eigenvalue weighted by atomic mass is 16.3. The van der Waals surface area contributed by atoms with Crippen LogP contribution >= 0.6 is 0 Å². The van der Waals surface area contributed by atoms with Crippen LogP contribution in [-0.2, 0) is 0 Å². The molecular formula is C14H22O. The van der Waals surface area contributed by atoms with E-state index in [4.69, 9.17) is 6.42 Å². The van der Waals surface area contributed by atoms with Crippen LogP contribution in [0.2, 0.25) is 0 Å². The molecule has 0 amide bonds. The van der Waals surface area contributed by atoms with Crippen LogP contribution in [0.25, 0.3) is 0 Å². The molecule has 2 saturated carbocycles. The van der Waals surface area contributed by atoms with Crippen molar-refractivity contribution in [2.75, 3.05) is 0 Å². The molecule has 0 aromatic carbocycles. The zero-order valence-corrected chi connectivity index (χ0v) is 9.54. The minimum absolute atomic E-state index is 0.108. The van der Waals surface area contributed by atoms with E-state index in [9.17, 15) is 5.11 Å². The lowest BCUT2D eigenvalue weighted by Gasteiger charge is -2.44. The van der Waals surface area contributed by atoms with Crippen LogP contribution < -0.4 is 0 Å². The van der Waals surface area contributed by atoms with Crippen molar-refractivity contribution in [3.8, 4) is 12.3 Å². The number of rotatable bonds is 4. The lowest BCUT2D eigenvalue weighted by molar-refractivity contribution is -0.0112. The van der Waals surface area contributed by atoms with Crippen molar-refractivity contribution in [1.82, 2.24) is 0 Å². The third-order valence-electron chi connectivity index (χ3n) is 4.61. The van der Waals surface area contributed by atoms with E-state index in [1.165, 1.54) is 38.5 Å². The molecule has 84 valence electrons. The maximum atomic E-state index is 9.87. The third kappa shape index (κ3) is 2.21. The molecule has 0 spiro atoms. The second-order valence-corrected chi connectivity index (χ2v) is 5.47. The van der Waals surface area contributed by atoms with E-state index in [0.717, 1.165) is 25.2 Å². The van der Waals surface area contributed by atoms with E-state index in [1.807, 2.05) is 0 Å². The molecule has 0 aromatic rings. The molecule has 0 aliphatic heterocycles. The lowest BCUT2D eigenvalue weighted by atomic mass is 9.62. The summed E-state index contributed by atoms with van der Waals surface area (Å²) in [6, 6.07) is 0. The molecule has 1 atom stereocenters. The van der Waals surface area contributed by atoms with Gasteiger partial charge in [-0.2, -0.15) is 0 Å². The van der Waals surface area contributed by atoms with Crippen molar-refractivity contribution in [2.24, 2.45) is 11.3 Å². The molecule has 1 unspecified atom stereocenters. The Bertz CT molecular complexity index is 241. The van der Waals surface area contributed by atoms with Gasteiger partial charge in [-0.25, -0.2) is 0 Å². The Hall–Kier alpha value is -0.480. The molecule has 15 heavy (non-hydrogen) atoms. The van der Waals surface area contributed by atoms with Gasteiger partial charge in [-0.15, -0.1) is 6.42 Å². The number of terminal acetylenes is 1. The van der Waals surface area contributed by atoms with E-state index in [1.54, 1.807) is 0 Å². The Labute approximate surface area is 93.3 Å². The third-order valence-corrected chi connectivity index (χ3v) is 4.61. The second kappa shape index (κ2) is 4.58. The Kier molecular flexibility index (Phi) is 3.36. The Morgan fingerprint density at radius 3 is 2.40 bits per heavy atom. The first kappa shape index (κ1) is 11.0. The molecule has 2 aliphatic carbocycles. The minimum atomic E-state index is -0.493. The predicted molar refractivity (Wildman–Crippen MR) is 62.3 cm³/mol. The summed E-state index contributed by atoms with van der Waals surface area (Å²) in [7, 11) is 0. The highest BCUT2D eigenvalue weighted by molar-refractivity contribution is 5.07. The van der Waals surface area contributed by atoms with Gasteiger partial charge < -0.3 is 5.11 Å². The number of hydrogen-bond acceptors (Lipinski definition) is 1. The second-order valence-electron chi connectivity index (χ2n) is 5.47. The normalized spacial score (nSPS) is 26.9. The first-order valence-electron chi connectivity index (χ1n) is 6.41. The Morgan fingerprint density at radius 1 is 1.27 bits per heavy atom. The van der Waals surface area contributed by atoms with Crippen LogP contribution in [0.4, 0.5) is 0 Å². The summed E-state index contributed by atoms with van der Waals surface area (Å²) in [5.41, 5.74) is 0.108. The fraction of sp³-hybridized carbons (Fsp3) is 0.857. The molecule has 1 heteroatoms. The van der Waals surface area contributed by atoms with Gasteiger partial charge in [-0.05, 0) is 31.6 Å². The summed E-state index contributed by atoms with van der Waals surface area (Å²) in [6.07, 6.45) is 16.5. The van der Waals surface area contributed by atoms with Crippen LogP contribution in [0.1, 0.15) is 57.8 Å². The van der Waals surface area contributed by atoms with E-state index >= 15 is 0 Å². The summed E-state index contributed by atoms with van der Waals surface area (Å²) in [5.74, 6) is 3.46. The summed E-state index contributed by atoms with van der Waals surface area (Å²) < 4.78 is 0. The molecule has 0 aromatic heterocycles. The molecule has 0 bridgehead atoms. The molecule has 0 saturated heterocycles. The zero-order valence-electron chi connectivity index (χ0n) is 9.54. The molecule has 0 heterocycles. The van der Waals surface area contributed by atoms with Gasteiger partial charge in [0.25, 0.3) is 0 Å². The van der Waals surface area contributed by atoms with Gasteiger partial charge in [-0.3, -0.25) is 0 Å². The number of aliphatic hydroxyl groups excluding tert-OH is 1. The molecule has 1 N–H and O–H groups in total. The molecule has 2 aliphatic rings. The lowest BCUT2D eigenvalue weighted by Crippen LogP contribution is -2.40. The average molecular weight is 206 g/mol. The molecule has 1 nitrogen and oxygen atoms in total. The van der Waals surface area contributed by atoms with Crippen LogP contribution in [0.5, 0.6) is 0 Å². The topological polar surface area (TPSA) is 20.2 Å². The van der Waals surface area contributed by atoms with Crippen molar-refractivity contribution < 1.29 is 5.11 Å². The van der Waals surface area contributed by atoms with E-state index in [2.05, 4.69) is 5.92 Å². The van der Waals surface area contributed by atoms with Crippen molar-refractivity contribution >= 4 is 0 Å². The Balaban J connectivity index is 1.83. The monoisotopic (exact) mass is 206 g/mol. The van der Waals surface area contributed by atoms with Crippen molar-refractivity contribution in [2.45, 2.75) is 63.9 Å². The van der Waals surface area contributed by atoms with E-state index in [0.29, 0.717) is 0 Å². The Morgan fingerprint density at radius 2 is 1.93 bits per heavy atom. The van der Waals surface area contributed by atoms with Crippen LogP contribution in [0, 0.1) is 23.7 Å². The van der Waals surface area contributed by atoms with Gasteiger partial charge >= 0.3 is 0 Å². The summed E-state index contributed by atoms with van der Waals surface area (Å²) >= 11 is 0. The first-order valence-corrected chi connectivity index (χ1v) is 6.41. The first-order chi connectivity index (χ1) is 7.27. The van der Waals surface area contributed by atoms with Crippen molar-refractivity contribution in [3.63, 3.8) is 0 Å². The molecule has 2 fully saturated rings. The highest BCUT2D eigenvalue weighted by Crippen LogP contribution is 2.49. The molecular weight excluding hydrogens is 184 g/mol. The van der Waals surface area contributed by atoms with Gasteiger partial charge in [0, 0.05) is 5.41 Å². The maximum Gasteiger partial charge on any atom is 0.120 e. The fourth-order valence-corrected chi connectivity index (χ4v) is 3.26.